The van der Waals surface area contributed by atoms with E-state index in [0.717, 1.165) is 15.5 Å². The Balaban J connectivity index is 1.36. The lowest BCUT2D eigenvalue weighted by atomic mass is 9.97. The summed E-state index contributed by atoms with van der Waals surface area (Å²) in [6, 6.07) is 12.8. The Kier molecular flexibility index (Phi) is 8.91. The van der Waals surface area contributed by atoms with Crippen molar-refractivity contribution in [1.82, 2.24) is 29.4 Å². The van der Waals surface area contributed by atoms with E-state index in [1.54, 1.807) is 48.7 Å². The number of aldehydes is 1. The minimum absolute atomic E-state index is 0.0223. The van der Waals surface area contributed by atoms with Crippen molar-refractivity contribution in [3.05, 3.63) is 92.3 Å². The van der Waals surface area contributed by atoms with E-state index < -0.39 is 17.5 Å². The summed E-state index contributed by atoms with van der Waals surface area (Å²) in [6.45, 7) is -0.376. The molecule has 1 atom stereocenters. The summed E-state index contributed by atoms with van der Waals surface area (Å²) < 4.78 is 23.6. The van der Waals surface area contributed by atoms with Gasteiger partial charge in [-0.2, -0.15) is 0 Å². The molecule has 1 fully saturated rings. The smallest absolute Gasteiger partial charge is 0.407 e. The molecule has 1 unspecified atom stereocenters. The highest BCUT2D eigenvalue weighted by molar-refractivity contribution is 6.39. The summed E-state index contributed by atoms with van der Waals surface area (Å²) in [5.74, 6) is -1.07. The Hall–Kier alpha value is -5.27. The van der Waals surface area contributed by atoms with Crippen molar-refractivity contribution in [2.45, 2.75) is 25.4 Å². The Morgan fingerprint density at radius 1 is 1.12 bits per heavy atom. The van der Waals surface area contributed by atoms with Gasteiger partial charge in [0.2, 0.25) is 11.8 Å². The largest absolute Gasteiger partial charge is 0.481 e. The molecule has 5 aromatic rings. The van der Waals surface area contributed by atoms with E-state index >= 15 is 4.39 Å². The molecule has 48 heavy (non-hydrogen) atoms. The third kappa shape index (κ3) is 5.98. The van der Waals surface area contributed by atoms with Gasteiger partial charge in [0, 0.05) is 66.1 Å². The van der Waals surface area contributed by atoms with Crippen molar-refractivity contribution in [2.75, 3.05) is 13.7 Å². The van der Waals surface area contributed by atoms with E-state index in [2.05, 4.69) is 15.4 Å². The van der Waals surface area contributed by atoms with Crippen LogP contribution in [0, 0.1) is 5.82 Å². The Morgan fingerprint density at radius 2 is 1.79 bits per heavy atom. The van der Waals surface area contributed by atoms with Crippen LogP contribution >= 0.6 is 23.2 Å². The van der Waals surface area contributed by atoms with Crippen LogP contribution in [0.5, 0.6) is 5.88 Å². The number of fused-ring (bicyclic) bond motifs is 1. The van der Waals surface area contributed by atoms with Crippen LogP contribution in [0.1, 0.15) is 29.0 Å². The summed E-state index contributed by atoms with van der Waals surface area (Å²) in [6.07, 6.45) is 1.59. The second kappa shape index (κ2) is 13.1. The van der Waals surface area contributed by atoms with Crippen LogP contribution in [0.2, 0.25) is 10.0 Å². The Labute approximate surface area is 282 Å². The minimum atomic E-state index is -1.28. The second-order valence-electron chi connectivity index (χ2n) is 11.2. The van der Waals surface area contributed by atoms with Crippen LogP contribution in [0.15, 0.2) is 59.5 Å². The maximum Gasteiger partial charge on any atom is 0.407 e. The molecule has 0 saturated carbocycles. The average molecular weight is 694 g/mol. The van der Waals surface area contributed by atoms with Crippen LogP contribution in [0.25, 0.3) is 39.0 Å². The zero-order valence-electron chi connectivity index (χ0n) is 25.5. The topological polar surface area (TPSA) is 148 Å². The van der Waals surface area contributed by atoms with Gasteiger partial charge in [0.05, 0.1) is 35.0 Å². The molecule has 15 heteroatoms. The number of ether oxygens (including phenoxy) is 1. The predicted octanol–water partition coefficient (Wildman–Crippen LogP) is 5.45. The molecular weight excluding hydrogens is 666 g/mol. The van der Waals surface area contributed by atoms with Gasteiger partial charge in [-0.15, -0.1) is 5.10 Å². The molecule has 2 aromatic carbocycles. The van der Waals surface area contributed by atoms with Crippen molar-refractivity contribution >= 4 is 47.0 Å². The summed E-state index contributed by atoms with van der Waals surface area (Å²) in [5, 5.41) is 17.2. The molecule has 6 rings (SSSR count). The number of carbonyl (C=O) groups is 3. The number of carboxylic acid groups (broad SMARTS) is 1. The number of pyridine rings is 1. The number of amides is 2. The molecule has 3 aromatic heterocycles. The summed E-state index contributed by atoms with van der Waals surface area (Å²) in [4.78, 5) is 53.3. The van der Waals surface area contributed by atoms with Gasteiger partial charge in [-0.1, -0.05) is 59.6 Å². The monoisotopic (exact) mass is 692 g/mol. The highest BCUT2D eigenvalue weighted by atomic mass is 35.5. The van der Waals surface area contributed by atoms with Crippen molar-refractivity contribution in [2.24, 2.45) is 7.05 Å². The molecule has 1 aliphatic heterocycles. The first-order valence-corrected chi connectivity index (χ1v) is 15.4. The number of methoxy groups -OCH3 is 1. The number of nitrogens with one attached hydrogen (secondary N) is 1. The third-order valence-electron chi connectivity index (χ3n) is 8.23. The number of hydrogen-bond donors (Lipinski definition) is 2. The molecule has 0 spiro atoms. The van der Waals surface area contributed by atoms with Gasteiger partial charge in [-0.25, -0.2) is 18.7 Å². The SMILES string of the molecule is COc1nc(-c2cccc(-c3cccc(-c4cc5c(=O)n(C)c(C=O)nn5c4)c3Cl)c2Cl)cc(F)c1CN(CC1CCC(=O)N1)C(=O)O. The lowest BCUT2D eigenvalue weighted by Gasteiger charge is -2.24. The van der Waals surface area contributed by atoms with Gasteiger partial charge < -0.3 is 20.1 Å². The number of benzene rings is 2. The van der Waals surface area contributed by atoms with E-state index in [-0.39, 0.29) is 58.5 Å². The predicted molar refractivity (Wildman–Crippen MR) is 176 cm³/mol. The molecule has 2 amide bonds. The number of aromatic nitrogens is 4. The standard InChI is InChI=1S/C33H27Cl2FN6O6/c1-40-27(16-43)39-42-13-17(11-26(42)32(40)45)19-5-3-6-20(29(19)34)21-7-4-8-22(30(21)35)25-12-24(36)23(31(38-25)48-2)15-41(33(46)47)14-18-9-10-28(44)37-18/h3-8,11-13,16,18H,9-10,14-15H2,1-2H3,(H,37,44)(H,46,47). The maximum absolute atomic E-state index is 15.7. The summed E-state index contributed by atoms with van der Waals surface area (Å²) in [7, 11) is 2.76. The molecule has 0 aliphatic carbocycles. The molecular formula is C33H27Cl2FN6O6. The molecule has 0 radical (unpaired) electrons. The van der Waals surface area contributed by atoms with Gasteiger partial charge >= 0.3 is 6.09 Å². The van der Waals surface area contributed by atoms with Gasteiger partial charge in [0.25, 0.3) is 5.56 Å². The van der Waals surface area contributed by atoms with Crippen molar-refractivity contribution < 1.29 is 28.6 Å². The molecule has 246 valence electrons. The van der Waals surface area contributed by atoms with Gasteiger partial charge in [-0.05, 0) is 12.5 Å². The number of hydrogen-bond acceptors (Lipinski definition) is 7. The first-order valence-electron chi connectivity index (χ1n) is 14.6. The van der Waals surface area contributed by atoms with Crippen molar-refractivity contribution in [3.63, 3.8) is 0 Å². The molecule has 0 bridgehead atoms. The fourth-order valence-electron chi connectivity index (χ4n) is 5.75. The fraction of sp³-hybridized carbons (Fsp3) is 0.212. The lowest BCUT2D eigenvalue weighted by molar-refractivity contribution is -0.119. The van der Waals surface area contributed by atoms with E-state index in [4.69, 9.17) is 27.9 Å². The van der Waals surface area contributed by atoms with E-state index in [1.165, 1.54) is 18.7 Å². The normalized spacial score (nSPS) is 14.3. The Morgan fingerprint density at radius 3 is 2.42 bits per heavy atom. The molecule has 2 N–H and O–H groups in total. The highest BCUT2D eigenvalue weighted by Crippen LogP contribution is 2.43. The zero-order chi connectivity index (χ0) is 34.3. The van der Waals surface area contributed by atoms with E-state index in [1.807, 2.05) is 0 Å². The van der Waals surface area contributed by atoms with Crippen LogP contribution < -0.4 is 15.6 Å². The number of carbonyl (C=O) groups excluding carboxylic acids is 2. The molecule has 1 aliphatic rings. The molecule has 1 saturated heterocycles. The second-order valence-corrected chi connectivity index (χ2v) is 11.9. The third-order valence-corrected chi connectivity index (χ3v) is 9.04. The molecule has 4 heterocycles. The average Bonchev–Trinajstić information content (AvgIpc) is 3.69. The number of halogens is 3. The van der Waals surface area contributed by atoms with E-state index in [0.29, 0.717) is 52.0 Å². The van der Waals surface area contributed by atoms with Crippen LogP contribution in [0.4, 0.5) is 9.18 Å². The zero-order valence-corrected chi connectivity index (χ0v) is 27.0. The van der Waals surface area contributed by atoms with E-state index in [9.17, 15) is 24.3 Å². The summed E-state index contributed by atoms with van der Waals surface area (Å²) in [5.41, 5.74) is 2.51. The van der Waals surface area contributed by atoms with Crippen LogP contribution in [-0.4, -0.2) is 67.2 Å². The Bertz CT molecular complexity index is 2180. The lowest BCUT2D eigenvalue weighted by Crippen LogP contribution is -2.41. The number of nitrogens with zero attached hydrogens (tertiary/aromatic N) is 5. The minimum Gasteiger partial charge on any atom is -0.481 e. The van der Waals surface area contributed by atoms with Gasteiger partial charge in [0.15, 0.2) is 12.1 Å². The van der Waals surface area contributed by atoms with Crippen molar-refractivity contribution in [3.8, 4) is 39.4 Å². The van der Waals surface area contributed by atoms with Gasteiger partial charge in [0.1, 0.15) is 11.3 Å². The van der Waals surface area contributed by atoms with Crippen LogP contribution in [0.3, 0.4) is 0 Å². The maximum atomic E-state index is 15.7. The van der Waals surface area contributed by atoms with Crippen LogP contribution in [-0.2, 0) is 18.4 Å². The molecule has 12 nitrogen and oxygen atoms in total. The first kappa shape index (κ1) is 32.7. The fourth-order valence-corrected chi connectivity index (χ4v) is 6.41. The highest BCUT2D eigenvalue weighted by Gasteiger charge is 2.28. The first-order chi connectivity index (χ1) is 23.0. The quantitative estimate of drug-likeness (QED) is 0.194. The van der Waals surface area contributed by atoms with Gasteiger partial charge in [-0.3, -0.25) is 19.0 Å². The summed E-state index contributed by atoms with van der Waals surface area (Å²) >= 11 is 13.9. The van der Waals surface area contributed by atoms with Crippen molar-refractivity contribution in [1.29, 1.82) is 0 Å². The number of rotatable bonds is 9.